The molecule has 1 saturated heterocycles. The molecule has 1 heteroatoms. The predicted molar refractivity (Wildman–Crippen MR) is 94.4 cm³/mol. The van der Waals surface area contributed by atoms with E-state index in [1.807, 2.05) is 0 Å². The zero-order chi connectivity index (χ0) is 15.5. The van der Waals surface area contributed by atoms with E-state index in [-0.39, 0.29) is 0 Å². The lowest BCUT2D eigenvalue weighted by Crippen LogP contribution is -2.24. The van der Waals surface area contributed by atoms with Crippen LogP contribution in [-0.4, -0.2) is 12.2 Å². The summed E-state index contributed by atoms with van der Waals surface area (Å²) in [6.07, 6.45) is 8.81. The quantitative estimate of drug-likeness (QED) is 0.681. The maximum absolute atomic E-state index is 6.08. The number of rotatable bonds is 6. The number of ether oxygens (including phenoxy) is 1. The number of benzene rings is 2. The topological polar surface area (TPSA) is 12.5 Å². The highest BCUT2D eigenvalue weighted by Gasteiger charge is 2.51. The van der Waals surface area contributed by atoms with Gasteiger partial charge in [-0.25, -0.2) is 0 Å². The normalized spacial score (nSPS) is 29.0. The third-order valence-electron chi connectivity index (χ3n) is 5.69. The van der Waals surface area contributed by atoms with Gasteiger partial charge in [0.05, 0.1) is 12.2 Å². The van der Waals surface area contributed by atoms with E-state index in [9.17, 15) is 0 Å². The van der Waals surface area contributed by atoms with Crippen molar-refractivity contribution < 1.29 is 4.74 Å². The first-order valence-corrected chi connectivity index (χ1v) is 9.13. The molecule has 2 aliphatic rings. The number of aryl methyl sites for hydroxylation is 2. The van der Waals surface area contributed by atoms with Crippen molar-refractivity contribution in [1.29, 1.82) is 0 Å². The van der Waals surface area contributed by atoms with Gasteiger partial charge >= 0.3 is 0 Å². The van der Waals surface area contributed by atoms with Gasteiger partial charge < -0.3 is 4.74 Å². The van der Waals surface area contributed by atoms with Crippen LogP contribution in [0.25, 0.3) is 0 Å². The second-order valence-corrected chi connectivity index (χ2v) is 7.21. The number of hydrogen-bond acceptors (Lipinski definition) is 1. The van der Waals surface area contributed by atoms with Gasteiger partial charge in [0.25, 0.3) is 0 Å². The van der Waals surface area contributed by atoms with Crippen molar-refractivity contribution in [2.24, 2.45) is 11.8 Å². The van der Waals surface area contributed by atoms with Crippen molar-refractivity contribution in [2.75, 3.05) is 0 Å². The fourth-order valence-electron chi connectivity index (χ4n) is 4.26. The van der Waals surface area contributed by atoms with Crippen LogP contribution in [0.15, 0.2) is 60.7 Å². The Labute approximate surface area is 139 Å². The van der Waals surface area contributed by atoms with Gasteiger partial charge in [0.15, 0.2) is 0 Å². The summed E-state index contributed by atoms with van der Waals surface area (Å²) in [5.74, 6) is 1.57. The zero-order valence-corrected chi connectivity index (χ0v) is 13.7. The second kappa shape index (κ2) is 6.88. The maximum atomic E-state index is 6.08. The Kier molecular flexibility index (Phi) is 4.48. The Hall–Kier alpha value is -1.60. The Morgan fingerprint density at radius 3 is 1.52 bits per heavy atom. The minimum absolute atomic E-state index is 0.563. The van der Waals surface area contributed by atoms with E-state index >= 15 is 0 Å². The summed E-state index contributed by atoms with van der Waals surface area (Å²) in [6.45, 7) is 0. The SMILES string of the molecule is c1ccc(CCC2CCC(CCc3ccccc3)C3OC23)cc1. The average molecular weight is 306 g/mol. The standard InChI is InChI=1S/C22H26O/c1-3-7-17(8-4-1)11-13-19-15-16-20(22-21(19)23-22)14-12-18-9-5-2-6-10-18/h1-10,19-22H,11-16H2. The summed E-state index contributed by atoms with van der Waals surface area (Å²) in [7, 11) is 0. The molecule has 0 spiro atoms. The van der Waals surface area contributed by atoms with E-state index in [0.29, 0.717) is 12.2 Å². The molecule has 120 valence electrons. The Balaban J connectivity index is 1.24. The molecule has 4 unspecified atom stereocenters. The van der Waals surface area contributed by atoms with E-state index in [2.05, 4.69) is 60.7 Å². The first-order chi connectivity index (χ1) is 11.4. The molecule has 2 fully saturated rings. The Morgan fingerprint density at radius 1 is 0.652 bits per heavy atom. The number of fused-ring (bicyclic) bond motifs is 1. The van der Waals surface area contributed by atoms with Gasteiger partial charge in [0.1, 0.15) is 0 Å². The molecular formula is C22H26O. The third kappa shape index (κ3) is 3.67. The minimum Gasteiger partial charge on any atom is -0.369 e. The molecule has 2 aromatic rings. The van der Waals surface area contributed by atoms with Crippen LogP contribution in [0.2, 0.25) is 0 Å². The highest BCUT2D eigenvalue weighted by atomic mass is 16.6. The van der Waals surface area contributed by atoms with E-state index in [1.165, 1.54) is 49.7 Å². The molecule has 1 saturated carbocycles. The first kappa shape index (κ1) is 15.0. The molecule has 1 heterocycles. The molecule has 4 rings (SSSR count). The van der Waals surface area contributed by atoms with Crippen molar-refractivity contribution in [3.63, 3.8) is 0 Å². The van der Waals surface area contributed by atoms with Gasteiger partial charge in [-0.1, -0.05) is 60.7 Å². The van der Waals surface area contributed by atoms with Crippen molar-refractivity contribution in [3.8, 4) is 0 Å². The summed E-state index contributed by atoms with van der Waals surface area (Å²) < 4.78 is 6.08. The van der Waals surface area contributed by atoms with Crippen LogP contribution >= 0.6 is 0 Å². The smallest absolute Gasteiger partial charge is 0.0872 e. The molecule has 0 bridgehead atoms. The van der Waals surface area contributed by atoms with Crippen molar-refractivity contribution >= 4 is 0 Å². The lowest BCUT2D eigenvalue weighted by atomic mass is 9.77. The summed E-state index contributed by atoms with van der Waals surface area (Å²) in [5.41, 5.74) is 2.94. The molecule has 0 N–H and O–H groups in total. The van der Waals surface area contributed by atoms with Gasteiger partial charge in [-0.15, -0.1) is 0 Å². The molecule has 0 aromatic heterocycles. The number of epoxide rings is 1. The summed E-state index contributed by atoms with van der Waals surface area (Å²) in [4.78, 5) is 0. The van der Waals surface area contributed by atoms with E-state index in [4.69, 9.17) is 4.74 Å². The number of hydrogen-bond donors (Lipinski definition) is 0. The fourth-order valence-corrected chi connectivity index (χ4v) is 4.26. The molecule has 1 aliphatic heterocycles. The highest BCUT2D eigenvalue weighted by molar-refractivity contribution is 5.16. The van der Waals surface area contributed by atoms with Gasteiger partial charge in [-0.2, -0.15) is 0 Å². The maximum Gasteiger partial charge on any atom is 0.0872 e. The van der Waals surface area contributed by atoms with Crippen LogP contribution in [0.4, 0.5) is 0 Å². The molecule has 0 radical (unpaired) electrons. The van der Waals surface area contributed by atoms with Crippen molar-refractivity contribution in [2.45, 2.75) is 50.7 Å². The lowest BCUT2D eigenvalue weighted by molar-refractivity contribution is 0.301. The van der Waals surface area contributed by atoms with Crippen LogP contribution in [0, 0.1) is 11.8 Å². The van der Waals surface area contributed by atoms with E-state index in [0.717, 1.165) is 11.8 Å². The monoisotopic (exact) mass is 306 g/mol. The van der Waals surface area contributed by atoms with Crippen LogP contribution in [0.5, 0.6) is 0 Å². The molecular weight excluding hydrogens is 280 g/mol. The highest BCUT2D eigenvalue weighted by Crippen LogP contribution is 2.47. The largest absolute Gasteiger partial charge is 0.369 e. The molecule has 23 heavy (non-hydrogen) atoms. The summed E-state index contributed by atoms with van der Waals surface area (Å²) in [6, 6.07) is 21.8. The molecule has 4 atom stereocenters. The molecule has 1 aliphatic carbocycles. The third-order valence-corrected chi connectivity index (χ3v) is 5.69. The zero-order valence-electron chi connectivity index (χ0n) is 13.7. The Morgan fingerprint density at radius 2 is 1.09 bits per heavy atom. The molecule has 1 nitrogen and oxygen atoms in total. The Bertz CT molecular complexity index is 551. The van der Waals surface area contributed by atoms with Gasteiger partial charge in [0, 0.05) is 0 Å². The van der Waals surface area contributed by atoms with E-state index in [1.54, 1.807) is 0 Å². The first-order valence-electron chi connectivity index (χ1n) is 9.13. The summed E-state index contributed by atoms with van der Waals surface area (Å²) in [5, 5.41) is 0. The predicted octanol–water partition coefficient (Wildman–Crippen LogP) is 5.05. The van der Waals surface area contributed by atoms with Crippen molar-refractivity contribution in [1.82, 2.24) is 0 Å². The lowest BCUT2D eigenvalue weighted by Gasteiger charge is -2.24. The van der Waals surface area contributed by atoms with Crippen molar-refractivity contribution in [3.05, 3.63) is 71.8 Å². The van der Waals surface area contributed by atoms with E-state index < -0.39 is 0 Å². The van der Waals surface area contributed by atoms with Crippen LogP contribution in [0.3, 0.4) is 0 Å². The molecule has 2 aromatic carbocycles. The van der Waals surface area contributed by atoms with Crippen LogP contribution < -0.4 is 0 Å². The van der Waals surface area contributed by atoms with Crippen LogP contribution in [-0.2, 0) is 17.6 Å². The van der Waals surface area contributed by atoms with Gasteiger partial charge in [-0.05, 0) is 61.5 Å². The minimum atomic E-state index is 0.563. The van der Waals surface area contributed by atoms with Gasteiger partial charge in [-0.3, -0.25) is 0 Å². The second-order valence-electron chi connectivity index (χ2n) is 7.21. The fraction of sp³-hybridized carbons (Fsp3) is 0.455. The van der Waals surface area contributed by atoms with Crippen LogP contribution in [0.1, 0.15) is 36.8 Å². The molecule has 0 amide bonds. The summed E-state index contributed by atoms with van der Waals surface area (Å²) >= 11 is 0. The van der Waals surface area contributed by atoms with Gasteiger partial charge in [0.2, 0.25) is 0 Å². The average Bonchev–Trinajstić information content (AvgIpc) is 3.41.